The predicted octanol–water partition coefficient (Wildman–Crippen LogP) is 6.04. The SMILES string of the molecule is CCC(OC(=O)CCCC(=O)OCCCCCCCCCCCl)C(C)C. The van der Waals surface area contributed by atoms with Crippen molar-refractivity contribution in [3.63, 3.8) is 0 Å². The minimum Gasteiger partial charge on any atom is -0.466 e. The van der Waals surface area contributed by atoms with Gasteiger partial charge in [-0.15, -0.1) is 11.6 Å². The molecule has 1 unspecified atom stereocenters. The molecule has 0 aliphatic heterocycles. The number of ether oxygens (including phenoxy) is 2. The average Bonchev–Trinajstić information content (AvgIpc) is 2.61. The predicted molar refractivity (Wildman–Crippen MR) is 107 cm³/mol. The van der Waals surface area contributed by atoms with Crippen LogP contribution in [0.25, 0.3) is 0 Å². The molecule has 26 heavy (non-hydrogen) atoms. The molecule has 0 N–H and O–H groups in total. The van der Waals surface area contributed by atoms with Crippen molar-refractivity contribution in [2.24, 2.45) is 5.92 Å². The van der Waals surface area contributed by atoms with Crippen LogP contribution in [0.2, 0.25) is 0 Å². The fraction of sp³-hybridized carbons (Fsp3) is 0.905. The highest BCUT2D eigenvalue weighted by Crippen LogP contribution is 2.13. The molecule has 0 saturated carbocycles. The van der Waals surface area contributed by atoms with Crippen molar-refractivity contribution in [3.8, 4) is 0 Å². The molecule has 0 fully saturated rings. The van der Waals surface area contributed by atoms with Crippen molar-refractivity contribution < 1.29 is 19.1 Å². The van der Waals surface area contributed by atoms with Gasteiger partial charge in [0.15, 0.2) is 0 Å². The summed E-state index contributed by atoms with van der Waals surface area (Å²) >= 11 is 5.64. The summed E-state index contributed by atoms with van der Waals surface area (Å²) in [7, 11) is 0. The summed E-state index contributed by atoms with van der Waals surface area (Å²) in [5.41, 5.74) is 0. The van der Waals surface area contributed by atoms with Gasteiger partial charge in [-0.2, -0.15) is 0 Å². The Kier molecular flexibility index (Phi) is 17.1. The van der Waals surface area contributed by atoms with Crippen molar-refractivity contribution in [3.05, 3.63) is 0 Å². The zero-order valence-electron chi connectivity index (χ0n) is 17.1. The molecule has 0 aliphatic rings. The molecule has 154 valence electrons. The van der Waals surface area contributed by atoms with Crippen molar-refractivity contribution in [1.82, 2.24) is 0 Å². The lowest BCUT2D eigenvalue weighted by atomic mass is 10.1. The molecule has 0 aromatic heterocycles. The third-order valence-electron chi connectivity index (χ3n) is 4.48. The van der Waals surface area contributed by atoms with Crippen LogP contribution >= 0.6 is 11.6 Å². The van der Waals surface area contributed by atoms with E-state index in [-0.39, 0.29) is 30.9 Å². The molecule has 0 amide bonds. The van der Waals surface area contributed by atoms with Crippen LogP contribution in [0.15, 0.2) is 0 Å². The molecule has 0 rings (SSSR count). The third-order valence-corrected chi connectivity index (χ3v) is 4.75. The Labute approximate surface area is 165 Å². The van der Waals surface area contributed by atoms with Crippen LogP contribution < -0.4 is 0 Å². The molecule has 0 aromatic carbocycles. The van der Waals surface area contributed by atoms with E-state index in [1.165, 1.54) is 32.1 Å². The average molecular weight is 391 g/mol. The number of hydrogen-bond donors (Lipinski definition) is 0. The van der Waals surface area contributed by atoms with E-state index in [1.54, 1.807) is 0 Å². The van der Waals surface area contributed by atoms with E-state index in [2.05, 4.69) is 0 Å². The number of halogens is 1. The molecule has 0 saturated heterocycles. The lowest BCUT2D eigenvalue weighted by Crippen LogP contribution is -2.22. The molecule has 0 heterocycles. The van der Waals surface area contributed by atoms with Gasteiger partial charge in [-0.1, -0.05) is 59.3 Å². The summed E-state index contributed by atoms with van der Waals surface area (Å²) in [6.45, 7) is 6.58. The van der Waals surface area contributed by atoms with E-state index in [4.69, 9.17) is 21.1 Å². The van der Waals surface area contributed by atoms with E-state index >= 15 is 0 Å². The van der Waals surface area contributed by atoms with Gasteiger partial charge >= 0.3 is 11.9 Å². The first-order valence-electron chi connectivity index (χ1n) is 10.4. The number of unbranched alkanes of at least 4 members (excludes halogenated alkanes) is 7. The number of rotatable bonds is 17. The molecule has 0 radical (unpaired) electrons. The van der Waals surface area contributed by atoms with Crippen LogP contribution in [0.1, 0.15) is 97.8 Å². The number of esters is 2. The minimum absolute atomic E-state index is 0.0326. The van der Waals surface area contributed by atoms with Crippen LogP contribution in [0, 0.1) is 5.92 Å². The summed E-state index contributed by atoms with van der Waals surface area (Å²) in [4.78, 5) is 23.4. The highest BCUT2D eigenvalue weighted by atomic mass is 35.5. The van der Waals surface area contributed by atoms with E-state index in [9.17, 15) is 9.59 Å². The molecule has 0 aliphatic carbocycles. The molecule has 0 bridgehead atoms. The molecule has 5 heteroatoms. The highest BCUT2D eigenvalue weighted by molar-refractivity contribution is 6.17. The van der Waals surface area contributed by atoms with Gasteiger partial charge in [0, 0.05) is 18.7 Å². The first-order chi connectivity index (χ1) is 12.5. The number of hydrogen-bond acceptors (Lipinski definition) is 4. The summed E-state index contributed by atoms with van der Waals surface area (Å²) < 4.78 is 10.6. The van der Waals surface area contributed by atoms with E-state index in [0.29, 0.717) is 18.9 Å². The first-order valence-corrected chi connectivity index (χ1v) is 11.0. The number of carbonyl (C=O) groups is 2. The smallest absolute Gasteiger partial charge is 0.306 e. The Balaban J connectivity index is 3.48. The van der Waals surface area contributed by atoms with Gasteiger partial charge in [-0.3, -0.25) is 9.59 Å². The fourth-order valence-corrected chi connectivity index (χ4v) is 3.00. The zero-order chi connectivity index (χ0) is 19.6. The second kappa shape index (κ2) is 17.6. The van der Waals surface area contributed by atoms with Crippen molar-refractivity contribution in [2.75, 3.05) is 12.5 Å². The van der Waals surface area contributed by atoms with Crippen LogP contribution in [-0.2, 0) is 19.1 Å². The molecule has 0 aromatic rings. The van der Waals surface area contributed by atoms with Crippen LogP contribution in [0.4, 0.5) is 0 Å². The number of carbonyl (C=O) groups excluding carboxylic acids is 2. The summed E-state index contributed by atoms with van der Waals surface area (Å²) in [5.74, 6) is 0.655. The van der Waals surface area contributed by atoms with Crippen molar-refractivity contribution in [1.29, 1.82) is 0 Å². The zero-order valence-corrected chi connectivity index (χ0v) is 17.8. The second-order valence-corrected chi connectivity index (χ2v) is 7.65. The Bertz CT molecular complexity index is 358. The summed E-state index contributed by atoms with van der Waals surface area (Å²) in [5, 5.41) is 0. The molecule has 1 atom stereocenters. The largest absolute Gasteiger partial charge is 0.466 e. The van der Waals surface area contributed by atoms with E-state index < -0.39 is 0 Å². The standard InChI is InChI=1S/C21H39ClO4/c1-4-19(18(2)3)26-21(24)15-13-14-20(23)25-17-12-10-8-6-5-7-9-11-16-22/h18-19H,4-17H2,1-3H3. The highest BCUT2D eigenvalue weighted by Gasteiger charge is 2.16. The summed E-state index contributed by atoms with van der Waals surface area (Å²) in [6, 6.07) is 0. The first kappa shape index (κ1) is 25.2. The van der Waals surface area contributed by atoms with Gasteiger partial charge in [-0.25, -0.2) is 0 Å². The Morgan fingerprint density at radius 2 is 1.35 bits per heavy atom. The Hall–Kier alpha value is -0.770. The monoisotopic (exact) mass is 390 g/mol. The molecule has 0 spiro atoms. The second-order valence-electron chi connectivity index (χ2n) is 7.27. The Morgan fingerprint density at radius 1 is 0.808 bits per heavy atom. The quantitative estimate of drug-likeness (QED) is 0.172. The Morgan fingerprint density at radius 3 is 1.88 bits per heavy atom. The van der Waals surface area contributed by atoms with Crippen molar-refractivity contribution in [2.45, 2.75) is 104 Å². The molecule has 4 nitrogen and oxygen atoms in total. The fourth-order valence-electron chi connectivity index (χ4n) is 2.81. The van der Waals surface area contributed by atoms with E-state index in [1.807, 2.05) is 20.8 Å². The van der Waals surface area contributed by atoms with E-state index in [0.717, 1.165) is 31.6 Å². The lowest BCUT2D eigenvalue weighted by Gasteiger charge is -2.19. The van der Waals surface area contributed by atoms with Gasteiger partial charge in [0.2, 0.25) is 0 Å². The lowest BCUT2D eigenvalue weighted by molar-refractivity contribution is -0.151. The van der Waals surface area contributed by atoms with Gasteiger partial charge in [0.05, 0.1) is 6.61 Å². The minimum atomic E-state index is -0.218. The van der Waals surface area contributed by atoms with Gasteiger partial charge in [0.25, 0.3) is 0 Å². The van der Waals surface area contributed by atoms with Crippen LogP contribution in [0.3, 0.4) is 0 Å². The van der Waals surface area contributed by atoms with Crippen LogP contribution in [0.5, 0.6) is 0 Å². The maximum absolute atomic E-state index is 11.8. The molecular formula is C21H39ClO4. The van der Waals surface area contributed by atoms with Gasteiger partial charge < -0.3 is 9.47 Å². The normalized spacial score (nSPS) is 12.2. The third kappa shape index (κ3) is 15.5. The maximum Gasteiger partial charge on any atom is 0.306 e. The number of alkyl halides is 1. The van der Waals surface area contributed by atoms with Gasteiger partial charge in [-0.05, 0) is 31.6 Å². The van der Waals surface area contributed by atoms with Gasteiger partial charge in [0.1, 0.15) is 6.10 Å². The molecular weight excluding hydrogens is 352 g/mol. The maximum atomic E-state index is 11.8. The van der Waals surface area contributed by atoms with Crippen molar-refractivity contribution >= 4 is 23.5 Å². The summed E-state index contributed by atoms with van der Waals surface area (Å²) in [6.07, 6.45) is 11.2. The van der Waals surface area contributed by atoms with Crippen LogP contribution in [-0.4, -0.2) is 30.5 Å². The topological polar surface area (TPSA) is 52.6 Å².